The van der Waals surface area contributed by atoms with Gasteiger partial charge in [0.25, 0.3) is 5.91 Å². The molecular weight excluding hydrogens is 266 g/mol. The van der Waals surface area contributed by atoms with Crippen molar-refractivity contribution in [2.75, 3.05) is 11.9 Å². The highest BCUT2D eigenvalue weighted by atomic mass is 32.2. The van der Waals surface area contributed by atoms with Crippen molar-refractivity contribution in [3.63, 3.8) is 0 Å². The number of rotatable bonds is 5. The minimum atomic E-state index is -3.82. The van der Waals surface area contributed by atoms with Crippen LogP contribution in [0.5, 0.6) is 0 Å². The van der Waals surface area contributed by atoms with E-state index in [1.165, 1.54) is 24.3 Å². The van der Waals surface area contributed by atoms with Crippen molar-refractivity contribution in [2.24, 2.45) is 0 Å². The van der Waals surface area contributed by atoms with E-state index >= 15 is 0 Å². The van der Waals surface area contributed by atoms with Crippen LogP contribution >= 0.6 is 0 Å². The molecule has 0 radical (unpaired) electrons. The summed E-state index contributed by atoms with van der Waals surface area (Å²) in [5, 5.41) is 1.87. The molecule has 0 unspecified atom stereocenters. The Hall–Kier alpha value is -1.54. The van der Waals surface area contributed by atoms with E-state index in [0.29, 0.717) is 0 Å². The van der Waals surface area contributed by atoms with E-state index in [1.54, 1.807) is 6.92 Å². The van der Waals surface area contributed by atoms with Crippen molar-refractivity contribution in [3.8, 4) is 0 Å². The zero-order valence-corrected chi connectivity index (χ0v) is 10.3. The van der Waals surface area contributed by atoms with Crippen molar-refractivity contribution in [1.82, 2.24) is 4.72 Å². The average Bonchev–Trinajstić information content (AvgIpc) is 2.29. The Morgan fingerprint density at radius 2 is 1.94 bits per heavy atom. The number of hydrogen-bond donors (Lipinski definition) is 2. The van der Waals surface area contributed by atoms with Crippen LogP contribution < -0.4 is 10.0 Å². The zero-order chi connectivity index (χ0) is 13.8. The van der Waals surface area contributed by atoms with Crippen LogP contribution in [0.1, 0.15) is 6.92 Å². The second kappa shape index (κ2) is 5.87. The molecule has 100 valence electrons. The van der Waals surface area contributed by atoms with Crippen LogP contribution in [0.2, 0.25) is 0 Å². The molecule has 0 fully saturated rings. The van der Waals surface area contributed by atoms with Gasteiger partial charge < -0.3 is 5.32 Å². The second-order valence-electron chi connectivity index (χ2n) is 3.29. The number of hydrogen-bond acceptors (Lipinski definition) is 3. The summed E-state index contributed by atoms with van der Waals surface area (Å²) >= 11 is 0. The normalized spacial score (nSPS) is 11.6. The minimum Gasteiger partial charge on any atom is -0.320 e. The number of carbonyl (C=O) groups excluding carboxylic acids is 1. The van der Waals surface area contributed by atoms with E-state index in [2.05, 4.69) is 4.72 Å². The van der Waals surface area contributed by atoms with Gasteiger partial charge in [-0.15, -0.1) is 0 Å². The Balaban J connectivity index is 3.11. The van der Waals surface area contributed by atoms with E-state index in [1.807, 2.05) is 5.32 Å². The van der Waals surface area contributed by atoms with Gasteiger partial charge in [0.2, 0.25) is 10.0 Å². The molecule has 1 aromatic carbocycles. The lowest BCUT2D eigenvalue weighted by atomic mass is 10.3. The molecule has 1 amide bonds. The monoisotopic (exact) mass is 278 g/mol. The van der Waals surface area contributed by atoms with Crippen LogP contribution in [-0.4, -0.2) is 27.3 Å². The summed E-state index contributed by atoms with van der Waals surface area (Å²) in [6.07, 6.45) is -3.21. The van der Waals surface area contributed by atoms with Crippen molar-refractivity contribution >= 4 is 21.6 Å². The number of sulfonamides is 1. The van der Waals surface area contributed by atoms with Gasteiger partial charge in [0.05, 0.1) is 5.69 Å². The van der Waals surface area contributed by atoms with Crippen molar-refractivity contribution in [1.29, 1.82) is 0 Å². The third-order valence-electron chi connectivity index (χ3n) is 1.97. The zero-order valence-electron chi connectivity index (χ0n) is 9.48. The highest BCUT2D eigenvalue weighted by Crippen LogP contribution is 2.20. The molecule has 0 aromatic heterocycles. The summed E-state index contributed by atoms with van der Waals surface area (Å²) in [5.74, 6) is -1.55. The molecule has 18 heavy (non-hydrogen) atoms. The molecule has 8 heteroatoms. The first kappa shape index (κ1) is 14.5. The quantitative estimate of drug-likeness (QED) is 0.849. The lowest BCUT2D eigenvalue weighted by molar-refractivity contribution is -0.126. The molecule has 5 nitrogen and oxygen atoms in total. The van der Waals surface area contributed by atoms with Gasteiger partial charge in [-0.3, -0.25) is 4.79 Å². The van der Waals surface area contributed by atoms with E-state index in [-0.39, 0.29) is 17.1 Å². The van der Waals surface area contributed by atoms with Crippen LogP contribution in [0.4, 0.5) is 14.5 Å². The van der Waals surface area contributed by atoms with Gasteiger partial charge >= 0.3 is 6.43 Å². The van der Waals surface area contributed by atoms with Crippen LogP contribution in [0.25, 0.3) is 0 Å². The first-order valence-electron chi connectivity index (χ1n) is 5.06. The number of anilines is 1. The van der Waals surface area contributed by atoms with E-state index < -0.39 is 22.4 Å². The third kappa shape index (κ3) is 3.47. The molecule has 0 saturated carbocycles. The molecule has 0 atom stereocenters. The third-order valence-corrected chi connectivity index (χ3v) is 3.57. The lowest BCUT2D eigenvalue weighted by Crippen LogP contribution is -2.26. The molecule has 0 aliphatic heterocycles. The fourth-order valence-corrected chi connectivity index (χ4v) is 2.46. The Bertz CT molecular complexity index is 532. The SMILES string of the molecule is CCNS(=O)(=O)c1ccccc1NC(=O)C(F)F. The maximum atomic E-state index is 12.1. The topological polar surface area (TPSA) is 75.3 Å². The Labute approximate surface area is 103 Å². The fourth-order valence-electron chi connectivity index (χ4n) is 1.26. The molecule has 0 aliphatic rings. The minimum absolute atomic E-state index is 0.152. The smallest absolute Gasteiger partial charge is 0.315 e. The first-order chi connectivity index (χ1) is 8.38. The highest BCUT2D eigenvalue weighted by Gasteiger charge is 2.21. The molecule has 0 heterocycles. The highest BCUT2D eigenvalue weighted by molar-refractivity contribution is 7.89. The van der Waals surface area contributed by atoms with Gasteiger partial charge in [0, 0.05) is 6.54 Å². The molecule has 0 spiro atoms. The predicted molar refractivity (Wildman–Crippen MR) is 61.9 cm³/mol. The molecule has 2 N–H and O–H groups in total. The van der Waals surface area contributed by atoms with Gasteiger partial charge in [-0.1, -0.05) is 19.1 Å². The molecule has 0 aliphatic carbocycles. The molecular formula is C10H12F2N2O3S. The number of alkyl halides is 2. The molecule has 0 bridgehead atoms. The fraction of sp³-hybridized carbons (Fsp3) is 0.300. The van der Waals surface area contributed by atoms with Gasteiger partial charge in [0.1, 0.15) is 4.90 Å². The molecule has 0 saturated heterocycles. The lowest BCUT2D eigenvalue weighted by Gasteiger charge is -2.11. The Morgan fingerprint density at radius 1 is 1.33 bits per heavy atom. The van der Waals surface area contributed by atoms with Gasteiger partial charge in [-0.05, 0) is 12.1 Å². The van der Waals surface area contributed by atoms with Crippen LogP contribution in [0.3, 0.4) is 0 Å². The maximum Gasteiger partial charge on any atom is 0.315 e. The number of halogens is 2. The summed E-state index contributed by atoms with van der Waals surface area (Å²) in [6.45, 7) is 1.73. The number of nitrogens with one attached hydrogen (secondary N) is 2. The number of benzene rings is 1. The number of amides is 1. The van der Waals surface area contributed by atoms with Crippen LogP contribution in [-0.2, 0) is 14.8 Å². The largest absolute Gasteiger partial charge is 0.320 e. The Morgan fingerprint density at radius 3 is 2.50 bits per heavy atom. The molecule has 1 rings (SSSR count). The number of para-hydroxylation sites is 1. The molecule has 1 aromatic rings. The van der Waals surface area contributed by atoms with Crippen molar-refractivity contribution in [2.45, 2.75) is 18.2 Å². The van der Waals surface area contributed by atoms with Crippen molar-refractivity contribution in [3.05, 3.63) is 24.3 Å². The maximum absolute atomic E-state index is 12.1. The summed E-state index contributed by atoms with van der Waals surface area (Å²) < 4.78 is 49.9. The van der Waals surface area contributed by atoms with Crippen LogP contribution in [0.15, 0.2) is 29.2 Å². The summed E-state index contributed by atoms with van der Waals surface area (Å²) in [4.78, 5) is 10.6. The Kier molecular flexibility index (Phi) is 4.74. The standard InChI is InChI=1S/C10H12F2N2O3S/c1-2-13-18(16,17)8-6-4-3-5-7(8)14-10(15)9(11)12/h3-6,9,13H,2H2,1H3,(H,14,15). The second-order valence-corrected chi connectivity index (χ2v) is 5.02. The number of carbonyl (C=O) groups is 1. The van der Waals surface area contributed by atoms with Crippen molar-refractivity contribution < 1.29 is 22.0 Å². The van der Waals surface area contributed by atoms with Crippen LogP contribution in [0, 0.1) is 0 Å². The van der Waals surface area contributed by atoms with Gasteiger partial charge in [-0.2, -0.15) is 8.78 Å². The van der Waals surface area contributed by atoms with E-state index in [4.69, 9.17) is 0 Å². The summed E-state index contributed by atoms with van der Waals surface area (Å²) in [6, 6.07) is 5.33. The van der Waals surface area contributed by atoms with Gasteiger partial charge in [0.15, 0.2) is 0 Å². The summed E-state index contributed by atoms with van der Waals surface area (Å²) in [5.41, 5.74) is -0.177. The first-order valence-corrected chi connectivity index (χ1v) is 6.54. The van der Waals surface area contributed by atoms with E-state index in [9.17, 15) is 22.0 Å². The van der Waals surface area contributed by atoms with Gasteiger partial charge in [-0.25, -0.2) is 13.1 Å². The van der Waals surface area contributed by atoms with E-state index in [0.717, 1.165) is 0 Å². The predicted octanol–water partition coefficient (Wildman–Crippen LogP) is 1.19. The summed E-state index contributed by atoms with van der Waals surface area (Å²) in [7, 11) is -3.82. The average molecular weight is 278 g/mol.